The summed E-state index contributed by atoms with van der Waals surface area (Å²) in [4.78, 5) is 14.5. The fraction of sp³-hybridized carbons (Fsp3) is 0.533. The van der Waals surface area contributed by atoms with Gasteiger partial charge in [-0.15, -0.1) is 0 Å². The predicted molar refractivity (Wildman–Crippen MR) is 75.2 cm³/mol. The van der Waals surface area contributed by atoms with Gasteiger partial charge in [-0.25, -0.2) is 0 Å². The summed E-state index contributed by atoms with van der Waals surface area (Å²) >= 11 is 5.92. The maximum Gasteiger partial charge on any atom is 0.176 e. The van der Waals surface area contributed by atoms with Gasteiger partial charge in [-0.2, -0.15) is 0 Å². The number of nitrogens with zero attached hydrogens (tertiary/aromatic N) is 1. The Balaban J connectivity index is 1.99. The molecule has 0 radical (unpaired) electrons. The van der Waals surface area contributed by atoms with E-state index in [1.54, 1.807) is 12.1 Å². The zero-order valence-electron chi connectivity index (χ0n) is 11.0. The summed E-state index contributed by atoms with van der Waals surface area (Å²) in [5, 5.41) is 0.624. The average molecular weight is 266 g/mol. The molecule has 2 nitrogen and oxygen atoms in total. The Morgan fingerprint density at radius 2 is 2.17 bits per heavy atom. The van der Waals surface area contributed by atoms with Crippen LogP contribution in [0.5, 0.6) is 0 Å². The summed E-state index contributed by atoms with van der Waals surface area (Å²) in [6, 6.07) is 7.62. The molecule has 0 N–H and O–H groups in total. The zero-order valence-corrected chi connectivity index (χ0v) is 11.8. The lowest BCUT2D eigenvalue weighted by atomic mass is 10.1. The lowest BCUT2D eigenvalue weighted by Crippen LogP contribution is -2.37. The van der Waals surface area contributed by atoms with Crippen LogP contribution >= 0.6 is 11.6 Å². The second-order valence-electron chi connectivity index (χ2n) is 5.40. The number of ketones is 1. The highest BCUT2D eigenvalue weighted by Crippen LogP contribution is 2.30. The molecule has 0 aliphatic heterocycles. The van der Waals surface area contributed by atoms with E-state index < -0.39 is 0 Å². The van der Waals surface area contributed by atoms with Gasteiger partial charge >= 0.3 is 0 Å². The second kappa shape index (κ2) is 5.85. The van der Waals surface area contributed by atoms with E-state index in [4.69, 9.17) is 11.6 Å². The number of carbonyl (C=O) groups excluding carboxylic acids is 1. The van der Waals surface area contributed by atoms with E-state index in [9.17, 15) is 4.79 Å². The van der Waals surface area contributed by atoms with Crippen LogP contribution in [0.3, 0.4) is 0 Å². The molecule has 18 heavy (non-hydrogen) atoms. The molecule has 0 saturated heterocycles. The molecule has 1 aliphatic carbocycles. The van der Waals surface area contributed by atoms with Crippen LogP contribution in [0.2, 0.25) is 5.02 Å². The Morgan fingerprint density at radius 1 is 1.44 bits per heavy atom. The number of benzene rings is 1. The van der Waals surface area contributed by atoms with Gasteiger partial charge in [0.05, 0.1) is 6.54 Å². The SMILES string of the molecule is CC(C)N(CC(=O)c1cccc(Cl)c1)CC1CC1. The molecule has 0 unspecified atom stereocenters. The van der Waals surface area contributed by atoms with Crippen LogP contribution in [0.25, 0.3) is 0 Å². The van der Waals surface area contributed by atoms with E-state index in [0.29, 0.717) is 23.2 Å². The van der Waals surface area contributed by atoms with Crippen molar-refractivity contribution < 1.29 is 4.79 Å². The van der Waals surface area contributed by atoms with Gasteiger partial charge in [-0.3, -0.25) is 9.69 Å². The molecule has 0 heterocycles. The number of rotatable bonds is 6. The Hall–Kier alpha value is -0.860. The molecule has 2 rings (SSSR count). The minimum Gasteiger partial charge on any atom is -0.293 e. The number of hydrogen-bond donors (Lipinski definition) is 0. The number of carbonyl (C=O) groups is 1. The van der Waals surface area contributed by atoms with Crippen molar-refractivity contribution in [2.45, 2.75) is 32.7 Å². The van der Waals surface area contributed by atoms with Crippen LogP contribution in [0.15, 0.2) is 24.3 Å². The van der Waals surface area contributed by atoms with Gasteiger partial charge in [0, 0.05) is 23.2 Å². The molecular weight excluding hydrogens is 246 g/mol. The third kappa shape index (κ3) is 3.82. The lowest BCUT2D eigenvalue weighted by molar-refractivity contribution is 0.0901. The average Bonchev–Trinajstić information content (AvgIpc) is 3.12. The molecule has 1 aromatic rings. The van der Waals surface area contributed by atoms with Gasteiger partial charge in [0.15, 0.2) is 5.78 Å². The van der Waals surface area contributed by atoms with E-state index in [1.807, 2.05) is 12.1 Å². The number of Topliss-reactive ketones (excluding diaryl/α,β-unsaturated/α-hetero) is 1. The number of halogens is 1. The highest BCUT2D eigenvalue weighted by molar-refractivity contribution is 6.31. The first-order chi connectivity index (χ1) is 8.56. The Bertz CT molecular complexity index is 426. The first-order valence-corrected chi connectivity index (χ1v) is 6.97. The highest BCUT2D eigenvalue weighted by Gasteiger charge is 2.26. The first-order valence-electron chi connectivity index (χ1n) is 6.59. The van der Waals surface area contributed by atoms with Gasteiger partial charge in [0.25, 0.3) is 0 Å². The van der Waals surface area contributed by atoms with E-state index in [2.05, 4.69) is 18.7 Å². The third-order valence-electron chi connectivity index (χ3n) is 3.41. The molecule has 0 spiro atoms. The van der Waals surface area contributed by atoms with Crippen molar-refractivity contribution in [1.29, 1.82) is 0 Å². The Labute approximate surface area is 114 Å². The first kappa shape index (κ1) is 13.6. The van der Waals surface area contributed by atoms with E-state index in [1.165, 1.54) is 12.8 Å². The largest absolute Gasteiger partial charge is 0.293 e. The predicted octanol–water partition coefficient (Wildman–Crippen LogP) is 3.64. The topological polar surface area (TPSA) is 20.3 Å². The van der Waals surface area contributed by atoms with Crippen LogP contribution in [-0.2, 0) is 0 Å². The van der Waals surface area contributed by atoms with Crippen molar-refractivity contribution in [3.8, 4) is 0 Å². The maximum absolute atomic E-state index is 12.2. The standard InChI is InChI=1S/C15H20ClNO/c1-11(2)17(9-12-6-7-12)10-15(18)13-4-3-5-14(16)8-13/h3-5,8,11-12H,6-7,9-10H2,1-2H3. The van der Waals surface area contributed by atoms with Crippen LogP contribution < -0.4 is 0 Å². The van der Waals surface area contributed by atoms with Crippen molar-refractivity contribution in [3.63, 3.8) is 0 Å². The summed E-state index contributed by atoms with van der Waals surface area (Å²) in [6.07, 6.45) is 2.63. The molecule has 0 bridgehead atoms. The zero-order chi connectivity index (χ0) is 13.1. The second-order valence-corrected chi connectivity index (χ2v) is 5.84. The molecule has 1 aliphatic rings. The van der Waals surface area contributed by atoms with E-state index >= 15 is 0 Å². The van der Waals surface area contributed by atoms with Crippen LogP contribution in [0, 0.1) is 5.92 Å². The van der Waals surface area contributed by atoms with Gasteiger partial charge in [0.1, 0.15) is 0 Å². The van der Waals surface area contributed by atoms with Crippen LogP contribution in [0.1, 0.15) is 37.0 Å². The van der Waals surface area contributed by atoms with Gasteiger partial charge in [0.2, 0.25) is 0 Å². The van der Waals surface area contributed by atoms with Crippen molar-refractivity contribution in [2.75, 3.05) is 13.1 Å². The van der Waals surface area contributed by atoms with E-state index in [-0.39, 0.29) is 5.78 Å². The molecule has 0 atom stereocenters. The lowest BCUT2D eigenvalue weighted by Gasteiger charge is -2.25. The summed E-state index contributed by atoms with van der Waals surface area (Å²) < 4.78 is 0. The minimum atomic E-state index is 0.159. The summed E-state index contributed by atoms with van der Waals surface area (Å²) in [7, 11) is 0. The van der Waals surface area contributed by atoms with Crippen LogP contribution in [0.4, 0.5) is 0 Å². The Morgan fingerprint density at radius 3 is 2.72 bits per heavy atom. The highest BCUT2D eigenvalue weighted by atomic mass is 35.5. The molecule has 1 saturated carbocycles. The minimum absolute atomic E-state index is 0.159. The van der Waals surface area contributed by atoms with Gasteiger partial charge in [-0.1, -0.05) is 23.7 Å². The molecule has 3 heteroatoms. The van der Waals surface area contributed by atoms with E-state index in [0.717, 1.165) is 12.5 Å². The van der Waals surface area contributed by atoms with Crippen molar-refractivity contribution in [1.82, 2.24) is 4.90 Å². The molecule has 1 fully saturated rings. The fourth-order valence-corrected chi connectivity index (χ4v) is 2.22. The third-order valence-corrected chi connectivity index (χ3v) is 3.65. The Kier molecular flexibility index (Phi) is 4.41. The normalized spacial score (nSPS) is 15.4. The molecule has 1 aromatic carbocycles. The molecule has 0 aromatic heterocycles. The van der Waals surface area contributed by atoms with Crippen LogP contribution in [-0.4, -0.2) is 29.8 Å². The molecule has 0 amide bonds. The smallest absolute Gasteiger partial charge is 0.176 e. The van der Waals surface area contributed by atoms with Crippen molar-refractivity contribution >= 4 is 17.4 Å². The molecular formula is C15H20ClNO. The quantitative estimate of drug-likeness (QED) is 0.732. The maximum atomic E-state index is 12.2. The fourth-order valence-electron chi connectivity index (χ4n) is 2.03. The van der Waals surface area contributed by atoms with Gasteiger partial charge in [-0.05, 0) is 44.7 Å². The summed E-state index contributed by atoms with van der Waals surface area (Å²) in [6.45, 7) is 5.83. The number of hydrogen-bond acceptors (Lipinski definition) is 2. The summed E-state index contributed by atoms with van der Waals surface area (Å²) in [5.41, 5.74) is 0.712. The van der Waals surface area contributed by atoms with Gasteiger partial charge < -0.3 is 0 Å². The monoisotopic (exact) mass is 265 g/mol. The van der Waals surface area contributed by atoms with Crippen molar-refractivity contribution in [3.05, 3.63) is 34.9 Å². The molecule has 98 valence electrons. The summed E-state index contributed by atoms with van der Waals surface area (Å²) in [5.74, 6) is 0.964. The van der Waals surface area contributed by atoms with Crippen molar-refractivity contribution in [2.24, 2.45) is 5.92 Å².